The average Bonchev–Trinajstić information content (AvgIpc) is 3.04. The predicted molar refractivity (Wildman–Crippen MR) is 112 cm³/mol. The number of benzene rings is 2. The molecular formula is C25H27FO. The SMILES string of the molecule is C=C/C(=C\C)c1ccc(C)c(-c2c(CCCC)ccc3c2CCC3=O)c1F. The Bertz CT molecular complexity index is 934. The monoisotopic (exact) mass is 362 g/mol. The van der Waals surface area contributed by atoms with Gasteiger partial charge < -0.3 is 0 Å². The third-order valence-electron chi connectivity index (χ3n) is 5.54. The van der Waals surface area contributed by atoms with Gasteiger partial charge in [0, 0.05) is 23.1 Å². The number of ketones is 1. The van der Waals surface area contributed by atoms with Gasteiger partial charge in [-0.2, -0.15) is 0 Å². The molecule has 0 unspecified atom stereocenters. The van der Waals surface area contributed by atoms with Gasteiger partial charge in [-0.05, 0) is 60.9 Å². The average molecular weight is 362 g/mol. The zero-order chi connectivity index (χ0) is 19.6. The van der Waals surface area contributed by atoms with E-state index in [9.17, 15) is 4.79 Å². The van der Waals surface area contributed by atoms with Crippen molar-refractivity contribution >= 4 is 11.4 Å². The fourth-order valence-corrected chi connectivity index (χ4v) is 4.06. The first kappa shape index (κ1) is 19.3. The number of unbranched alkanes of at least 4 members (excludes halogenated alkanes) is 1. The number of rotatable bonds is 6. The molecule has 0 saturated carbocycles. The Labute approximate surface area is 161 Å². The molecule has 0 fully saturated rings. The van der Waals surface area contributed by atoms with Gasteiger partial charge in [0.1, 0.15) is 5.82 Å². The highest BCUT2D eigenvalue weighted by Gasteiger charge is 2.27. The van der Waals surface area contributed by atoms with E-state index in [2.05, 4.69) is 13.5 Å². The van der Waals surface area contributed by atoms with Crippen LogP contribution in [0.2, 0.25) is 0 Å². The minimum atomic E-state index is -0.214. The predicted octanol–water partition coefficient (Wildman–Crippen LogP) is 6.86. The molecule has 27 heavy (non-hydrogen) atoms. The number of aryl methyl sites for hydroxylation is 2. The number of carbonyl (C=O) groups excluding carboxylic acids is 1. The molecule has 1 aliphatic carbocycles. The lowest BCUT2D eigenvalue weighted by molar-refractivity contribution is 0.0994. The number of hydrogen-bond donors (Lipinski definition) is 0. The van der Waals surface area contributed by atoms with E-state index in [4.69, 9.17) is 0 Å². The summed E-state index contributed by atoms with van der Waals surface area (Å²) in [4.78, 5) is 12.3. The van der Waals surface area contributed by atoms with Gasteiger partial charge in [0.25, 0.3) is 0 Å². The third kappa shape index (κ3) is 3.41. The van der Waals surface area contributed by atoms with Gasteiger partial charge in [0.2, 0.25) is 0 Å². The quantitative estimate of drug-likeness (QED) is 0.513. The molecule has 0 amide bonds. The van der Waals surface area contributed by atoms with Crippen molar-refractivity contribution in [3.63, 3.8) is 0 Å². The fourth-order valence-electron chi connectivity index (χ4n) is 4.06. The number of fused-ring (bicyclic) bond motifs is 1. The minimum absolute atomic E-state index is 0.169. The number of allylic oxidation sites excluding steroid dienone is 3. The molecule has 0 radical (unpaired) electrons. The maximum Gasteiger partial charge on any atom is 0.163 e. The van der Waals surface area contributed by atoms with Crippen molar-refractivity contribution in [2.75, 3.05) is 0 Å². The second-order valence-corrected chi connectivity index (χ2v) is 7.22. The molecule has 0 atom stereocenters. The summed E-state index contributed by atoms with van der Waals surface area (Å²) in [6, 6.07) is 7.77. The maximum absolute atomic E-state index is 15.7. The summed E-state index contributed by atoms with van der Waals surface area (Å²) >= 11 is 0. The lowest BCUT2D eigenvalue weighted by atomic mass is 9.85. The molecule has 2 aromatic rings. The molecule has 0 saturated heterocycles. The summed E-state index contributed by atoms with van der Waals surface area (Å²) in [5.41, 5.74) is 6.78. The van der Waals surface area contributed by atoms with Crippen LogP contribution in [0.15, 0.2) is 43.0 Å². The molecule has 0 aliphatic heterocycles. The molecule has 2 aromatic carbocycles. The van der Waals surface area contributed by atoms with E-state index in [0.29, 0.717) is 24.0 Å². The van der Waals surface area contributed by atoms with E-state index in [1.165, 1.54) is 0 Å². The van der Waals surface area contributed by atoms with Crippen LogP contribution in [0.25, 0.3) is 16.7 Å². The summed E-state index contributed by atoms with van der Waals surface area (Å²) in [5.74, 6) is -0.0451. The highest BCUT2D eigenvalue weighted by atomic mass is 19.1. The Balaban J connectivity index is 2.32. The van der Waals surface area contributed by atoms with Crippen molar-refractivity contribution < 1.29 is 9.18 Å². The Morgan fingerprint density at radius 2 is 1.96 bits per heavy atom. The normalized spacial score (nSPS) is 13.8. The van der Waals surface area contributed by atoms with Gasteiger partial charge in [-0.15, -0.1) is 0 Å². The largest absolute Gasteiger partial charge is 0.294 e. The first-order valence-corrected chi connectivity index (χ1v) is 9.80. The van der Waals surface area contributed by atoms with Crippen molar-refractivity contribution in [2.45, 2.75) is 52.9 Å². The highest BCUT2D eigenvalue weighted by Crippen LogP contribution is 2.40. The van der Waals surface area contributed by atoms with Crippen LogP contribution < -0.4 is 0 Å². The van der Waals surface area contributed by atoms with Crippen LogP contribution in [0.5, 0.6) is 0 Å². The van der Waals surface area contributed by atoms with Crippen LogP contribution in [0, 0.1) is 12.7 Å². The summed E-state index contributed by atoms with van der Waals surface area (Å²) in [6.45, 7) is 9.82. The Morgan fingerprint density at radius 1 is 1.19 bits per heavy atom. The van der Waals surface area contributed by atoms with Gasteiger partial charge in [0.05, 0.1) is 0 Å². The van der Waals surface area contributed by atoms with E-state index in [0.717, 1.165) is 52.7 Å². The van der Waals surface area contributed by atoms with Gasteiger partial charge in [-0.25, -0.2) is 4.39 Å². The molecule has 2 heteroatoms. The summed E-state index contributed by atoms with van der Waals surface area (Å²) < 4.78 is 15.7. The van der Waals surface area contributed by atoms with E-state index in [1.54, 1.807) is 6.08 Å². The van der Waals surface area contributed by atoms with Crippen LogP contribution >= 0.6 is 0 Å². The van der Waals surface area contributed by atoms with Crippen LogP contribution in [0.3, 0.4) is 0 Å². The van der Waals surface area contributed by atoms with Gasteiger partial charge >= 0.3 is 0 Å². The van der Waals surface area contributed by atoms with Gasteiger partial charge in [-0.1, -0.05) is 56.3 Å². The molecule has 3 rings (SSSR count). The lowest BCUT2D eigenvalue weighted by Crippen LogP contribution is -2.03. The van der Waals surface area contributed by atoms with Crippen molar-refractivity contribution in [3.05, 3.63) is 76.6 Å². The third-order valence-corrected chi connectivity index (χ3v) is 5.54. The summed E-state index contributed by atoms with van der Waals surface area (Å²) in [7, 11) is 0. The van der Waals surface area contributed by atoms with Crippen LogP contribution in [0.1, 0.15) is 65.7 Å². The molecule has 0 bridgehead atoms. The van der Waals surface area contributed by atoms with Crippen LogP contribution in [-0.2, 0) is 12.8 Å². The zero-order valence-electron chi connectivity index (χ0n) is 16.5. The molecule has 1 nitrogen and oxygen atoms in total. The smallest absolute Gasteiger partial charge is 0.163 e. The number of halogens is 1. The van der Waals surface area contributed by atoms with E-state index < -0.39 is 0 Å². The standard InChI is InChI=1S/C25H27FO/c1-5-8-9-18-11-13-20-21(14-15-22(20)27)24(18)23-16(4)10-12-19(25(23)26)17(6-2)7-3/h6-7,10-13H,2,5,8-9,14-15H2,1,3-4H3/b17-7+. The van der Waals surface area contributed by atoms with Crippen molar-refractivity contribution in [2.24, 2.45) is 0 Å². The molecule has 1 aliphatic rings. The van der Waals surface area contributed by atoms with Crippen molar-refractivity contribution in [3.8, 4) is 11.1 Å². The molecular weight excluding hydrogens is 335 g/mol. The summed E-state index contributed by atoms with van der Waals surface area (Å²) in [6.07, 6.45) is 7.81. The van der Waals surface area contributed by atoms with E-state index in [1.807, 2.05) is 44.2 Å². The van der Waals surface area contributed by atoms with Crippen molar-refractivity contribution in [1.82, 2.24) is 0 Å². The second kappa shape index (κ2) is 8.04. The second-order valence-electron chi connectivity index (χ2n) is 7.22. The number of hydrogen-bond acceptors (Lipinski definition) is 1. The first-order chi connectivity index (χ1) is 13.0. The minimum Gasteiger partial charge on any atom is -0.294 e. The molecule has 0 heterocycles. The lowest BCUT2D eigenvalue weighted by Gasteiger charge is -2.19. The fraction of sp³-hybridized carbons (Fsp3) is 0.320. The summed E-state index contributed by atoms with van der Waals surface area (Å²) in [5, 5.41) is 0. The van der Waals surface area contributed by atoms with Crippen molar-refractivity contribution in [1.29, 1.82) is 0 Å². The van der Waals surface area contributed by atoms with Gasteiger partial charge in [0.15, 0.2) is 5.78 Å². The van der Waals surface area contributed by atoms with Gasteiger partial charge in [-0.3, -0.25) is 4.79 Å². The van der Waals surface area contributed by atoms with E-state index in [-0.39, 0.29) is 11.6 Å². The van der Waals surface area contributed by atoms with E-state index >= 15 is 4.39 Å². The molecule has 0 N–H and O–H groups in total. The van der Waals surface area contributed by atoms with Crippen LogP contribution in [0.4, 0.5) is 4.39 Å². The first-order valence-electron chi connectivity index (χ1n) is 9.80. The maximum atomic E-state index is 15.7. The Morgan fingerprint density at radius 3 is 2.63 bits per heavy atom. The number of carbonyl (C=O) groups is 1. The van der Waals surface area contributed by atoms with Crippen LogP contribution in [-0.4, -0.2) is 5.78 Å². The molecule has 0 spiro atoms. The Hall–Kier alpha value is -2.48. The topological polar surface area (TPSA) is 17.1 Å². The number of Topliss-reactive ketones (excluding diaryl/α,β-unsaturated/α-hetero) is 1. The Kier molecular flexibility index (Phi) is 5.74. The highest BCUT2D eigenvalue weighted by molar-refractivity contribution is 6.03. The molecule has 0 aromatic heterocycles. The zero-order valence-corrected chi connectivity index (χ0v) is 16.5. The molecule has 140 valence electrons.